The molecule has 0 unspecified atom stereocenters. The first-order valence-electron chi connectivity index (χ1n) is 5.19. The van der Waals surface area contributed by atoms with Crippen molar-refractivity contribution in [2.45, 2.75) is 26.7 Å². The Balaban J connectivity index is 2.89. The van der Waals surface area contributed by atoms with Gasteiger partial charge in [0.05, 0.1) is 10.7 Å². The molecule has 0 fully saturated rings. The summed E-state index contributed by atoms with van der Waals surface area (Å²) < 4.78 is 0. The second kappa shape index (κ2) is 5.76. The van der Waals surface area contributed by atoms with Crippen LogP contribution in [0.4, 0.5) is 5.69 Å². The van der Waals surface area contributed by atoms with E-state index in [4.69, 9.17) is 11.6 Å². The Kier molecular flexibility index (Phi) is 4.63. The molecule has 0 bridgehead atoms. The van der Waals surface area contributed by atoms with Crippen LogP contribution in [0.1, 0.15) is 26.7 Å². The van der Waals surface area contributed by atoms with Gasteiger partial charge in [0, 0.05) is 13.5 Å². The smallest absolute Gasteiger partial charge is 0.223 e. The molecule has 0 saturated heterocycles. The van der Waals surface area contributed by atoms with Crippen molar-refractivity contribution >= 4 is 23.2 Å². The highest BCUT2D eigenvalue weighted by atomic mass is 35.5. The summed E-state index contributed by atoms with van der Waals surface area (Å²) in [4.78, 5) is 13.2. The lowest BCUT2D eigenvalue weighted by Gasteiger charge is -2.21. The van der Waals surface area contributed by atoms with Crippen molar-refractivity contribution in [3.63, 3.8) is 0 Å². The average Bonchev–Trinajstić information content (AvgIpc) is 2.20. The van der Waals surface area contributed by atoms with Gasteiger partial charge in [0.2, 0.25) is 5.91 Å². The van der Waals surface area contributed by atoms with Crippen molar-refractivity contribution in [1.29, 1.82) is 0 Å². The van der Waals surface area contributed by atoms with Crippen molar-refractivity contribution in [2.75, 3.05) is 11.4 Å². The Morgan fingerprint density at radius 2 is 2.07 bits per heavy atom. The maximum Gasteiger partial charge on any atom is 0.223 e. The summed E-state index contributed by atoms with van der Waals surface area (Å²) in [5, 5.41) is 0.629. The van der Waals surface area contributed by atoms with Gasteiger partial charge >= 0.3 is 0 Å². The molecule has 0 atom stereocenters. The minimum absolute atomic E-state index is 0.0385. The molecule has 0 saturated carbocycles. The molecular formula is C12H16ClNO. The van der Waals surface area contributed by atoms with Gasteiger partial charge in [-0.2, -0.15) is 0 Å². The van der Waals surface area contributed by atoms with E-state index in [1.54, 1.807) is 17.9 Å². The monoisotopic (exact) mass is 225 g/mol. The van der Waals surface area contributed by atoms with Crippen molar-refractivity contribution in [3.05, 3.63) is 29.3 Å². The summed E-state index contributed by atoms with van der Waals surface area (Å²) in [6, 6.07) is 7.44. The van der Waals surface area contributed by atoms with Crippen LogP contribution in [-0.4, -0.2) is 12.5 Å². The molecule has 3 heteroatoms. The molecular weight excluding hydrogens is 210 g/mol. The minimum Gasteiger partial charge on any atom is -0.311 e. The van der Waals surface area contributed by atoms with Crippen LogP contribution >= 0.6 is 11.6 Å². The Bertz CT molecular complexity index is 338. The number of para-hydroxylation sites is 1. The molecule has 1 rings (SSSR count). The van der Waals surface area contributed by atoms with E-state index < -0.39 is 0 Å². The molecule has 0 heterocycles. The number of anilines is 1. The first kappa shape index (κ1) is 12.1. The largest absolute Gasteiger partial charge is 0.311 e. The van der Waals surface area contributed by atoms with E-state index in [2.05, 4.69) is 6.92 Å². The normalized spacial score (nSPS) is 10.1. The lowest BCUT2D eigenvalue weighted by Crippen LogP contribution is -2.29. The molecule has 15 heavy (non-hydrogen) atoms. The third-order valence-corrected chi connectivity index (χ3v) is 2.58. The van der Waals surface area contributed by atoms with Crippen LogP contribution in [0.2, 0.25) is 5.02 Å². The maximum absolute atomic E-state index is 11.5. The van der Waals surface area contributed by atoms with Crippen LogP contribution in [-0.2, 0) is 4.79 Å². The highest BCUT2D eigenvalue weighted by Crippen LogP contribution is 2.25. The Morgan fingerprint density at radius 1 is 1.40 bits per heavy atom. The summed E-state index contributed by atoms with van der Waals surface area (Å²) in [7, 11) is 0. The van der Waals surface area contributed by atoms with Crippen LogP contribution in [0.25, 0.3) is 0 Å². The number of amides is 1. The van der Waals surface area contributed by atoms with Crippen LogP contribution in [0, 0.1) is 0 Å². The lowest BCUT2D eigenvalue weighted by molar-refractivity contribution is -0.116. The van der Waals surface area contributed by atoms with Gasteiger partial charge in [-0.25, -0.2) is 0 Å². The first-order chi connectivity index (χ1) is 7.16. The van der Waals surface area contributed by atoms with Gasteiger partial charge in [0.1, 0.15) is 0 Å². The van der Waals surface area contributed by atoms with E-state index in [0.29, 0.717) is 5.02 Å². The molecule has 0 aromatic heterocycles. The zero-order valence-electron chi connectivity index (χ0n) is 9.16. The van der Waals surface area contributed by atoms with Gasteiger partial charge < -0.3 is 4.90 Å². The van der Waals surface area contributed by atoms with Crippen LogP contribution in [0.15, 0.2) is 24.3 Å². The van der Waals surface area contributed by atoms with E-state index in [0.717, 1.165) is 25.1 Å². The van der Waals surface area contributed by atoms with Gasteiger partial charge in [0.15, 0.2) is 0 Å². The molecule has 82 valence electrons. The molecule has 0 radical (unpaired) electrons. The minimum atomic E-state index is 0.0385. The fourth-order valence-electron chi connectivity index (χ4n) is 1.43. The molecule has 0 aliphatic carbocycles. The third kappa shape index (κ3) is 3.24. The van der Waals surface area contributed by atoms with Crippen LogP contribution < -0.4 is 4.90 Å². The summed E-state index contributed by atoms with van der Waals surface area (Å²) >= 11 is 6.05. The van der Waals surface area contributed by atoms with Gasteiger partial charge in [-0.15, -0.1) is 0 Å². The number of benzene rings is 1. The predicted octanol–water partition coefficient (Wildman–Crippen LogP) is 3.49. The molecule has 1 aromatic carbocycles. The lowest BCUT2D eigenvalue weighted by atomic mass is 10.2. The number of hydrogen-bond donors (Lipinski definition) is 0. The molecule has 0 aliphatic heterocycles. The van der Waals surface area contributed by atoms with Crippen molar-refractivity contribution in [1.82, 2.24) is 0 Å². The number of nitrogens with zero attached hydrogens (tertiary/aromatic N) is 1. The van der Waals surface area contributed by atoms with E-state index in [9.17, 15) is 4.79 Å². The van der Waals surface area contributed by atoms with E-state index in [1.807, 2.05) is 18.2 Å². The van der Waals surface area contributed by atoms with Gasteiger partial charge in [-0.05, 0) is 18.6 Å². The highest BCUT2D eigenvalue weighted by Gasteiger charge is 2.12. The quantitative estimate of drug-likeness (QED) is 0.768. The van der Waals surface area contributed by atoms with Gasteiger partial charge in [-0.1, -0.05) is 37.1 Å². The van der Waals surface area contributed by atoms with Gasteiger partial charge in [0.25, 0.3) is 0 Å². The number of unbranched alkanes of at least 4 members (excludes halogenated alkanes) is 1. The Labute approximate surface area is 95.8 Å². The summed E-state index contributed by atoms with van der Waals surface area (Å²) in [6.07, 6.45) is 2.05. The zero-order valence-corrected chi connectivity index (χ0v) is 9.92. The molecule has 1 aromatic rings. The summed E-state index contributed by atoms with van der Waals surface area (Å²) in [6.45, 7) is 4.40. The van der Waals surface area contributed by atoms with Crippen LogP contribution in [0.3, 0.4) is 0 Å². The SMILES string of the molecule is CCCCN(C(C)=O)c1ccccc1Cl. The standard InChI is InChI=1S/C12H16ClNO/c1-3-4-9-14(10(2)15)12-8-6-5-7-11(12)13/h5-8H,3-4,9H2,1-2H3. The van der Waals surface area contributed by atoms with E-state index >= 15 is 0 Å². The topological polar surface area (TPSA) is 20.3 Å². The number of carbonyl (C=O) groups excluding carboxylic acids is 1. The summed E-state index contributed by atoms with van der Waals surface area (Å²) in [5.41, 5.74) is 0.806. The van der Waals surface area contributed by atoms with E-state index in [1.165, 1.54) is 0 Å². The predicted molar refractivity (Wildman–Crippen MR) is 64.4 cm³/mol. The number of halogens is 1. The molecule has 0 spiro atoms. The maximum atomic E-state index is 11.5. The fraction of sp³-hybridized carbons (Fsp3) is 0.417. The van der Waals surface area contributed by atoms with E-state index in [-0.39, 0.29) is 5.91 Å². The molecule has 2 nitrogen and oxygen atoms in total. The Morgan fingerprint density at radius 3 is 2.60 bits per heavy atom. The van der Waals surface area contributed by atoms with Crippen LogP contribution in [0.5, 0.6) is 0 Å². The highest BCUT2D eigenvalue weighted by molar-refractivity contribution is 6.33. The van der Waals surface area contributed by atoms with Crippen molar-refractivity contribution < 1.29 is 4.79 Å². The zero-order chi connectivity index (χ0) is 11.3. The molecule has 0 N–H and O–H groups in total. The number of rotatable bonds is 4. The van der Waals surface area contributed by atoms with Gasteiger partial charge in [-0.3, -0.25) is 4.79 Å². The second-order valence-electron chi connectivity index (χ2n) is 3.48. The summed E-state index contributed by atoms with van der Waals surface area (Å²) in [5.74, 6) is 0.0385. The van der Waals surface area contributed by atoms with Crippen molar-refractivity contribution in [2.24, 2.45) is 0 Å². The molecule has 1 amide bonds. The number of carbonyl (C=O) groups is 1. The average molecular weight is 226 g/mol. The Hall–Kier alpha value is -1.02. The van der Waals surface area contributed by atoms with Crippen molar-refractivity contribution in [3.8, 4) is 0 Å². The number of hydrogen-bond acceptors (Lipinski definition) is 1. The third-order valence-electron chi connectivity index (χ3n) is 2.26. The molecule has 0 aliphatic rings. The second-order valence-corrected chi connectivity index (χ2v) is 3.88. The fourth-order valence-corrected chi connectivity index (χ4v) is 1.67. The first-order valence-corrected chi connectivity index (χ1v) is 5.57.